The minimum absolute atomic E-state index is 0. The molecule has 0 unspecified atom stereocenters. The van der Waals surface area contributed by atoms with Gasteiger partial charge in [-0.05, 0) is 0 Å². The monoisotopic (exact) mass is 150 g/mol. The molecule has 6 heteroatoms. The quantitative estimate of drug-likeness (QED) is 0.325. The van der Waals surface area contributed by atoms with Crippen LogP contribution < -0.4 is 0 Å². The molecule has 0 aromatic heterocycles. The average molecular weight is 150 g/mol. The molecular weight excluding hydrogens is 146 g/mol. The SMILES string of the molecule is O=[As](O)(O)O.[LiH]. The Bertz CT molecular complexity index is 53.7. The van der Waals surface area contributed by atoms with E-state index in [2.05, 4.69) is 0 Å². The van der Waals surface area contributed by atoms with Crippen LogP contribution in [0.4, 0.5) is 0 Å². The van der Waals surface area contributed by atoms with Crippen LogP contribution >= 0.6 is 0 Å². The molecule has 0 fully saturated rings. The number of rotatable bonds is 0. The standard InChI is InChI=1S/AsH3O4.Li.H/c2-1(3,4)5;;/h(H3,2,3,4,5);;. The Labute approximate surface area is 49.7 Å². The predicted octanol–water partition coefficient (Wildman–Crippen LogP) is -2.82. The first kappa shape index (κ1) is 9.96. The molecule has 4 nitrogen and oxygen atoms in total. The molecule has 0 bridgehead atoms. The second-order valence-corrected chi connectivity index (χ2v) is 2.67. The van der Waals surface area contributed by atoms with Crippen LogP contribution in [0.1, 0.15) is 0 Å². The van der Waals surface area contributed by atoms with E-state index in [1.807, 2.05) is 0 Å². The van der Waals surface area contributed by atoms with Gasteiger partial charge < -0.3 is 0 Å². The fraction of sp³-hybridized carbons (Fsp3) is 0. The molecule has 0 saturated heterocycles. The van der Waals surface area contributed by atoms with Crippen molar-refractivity contribution in [3.05, 3.63) is 0 Å². The van der Waals surface area contributed by atoms with Crippen molar-refractivity contribution in [1.29, 1.82) is 0 Å². The van der Waals surface area contributed by atoms with Crippen LogP contribution in [0.3, 0.4) is 0 Å². The Hall–Kier alpha value is 0.836. The Morgan fingerprint density at radius 3 is 1.17 bits per heavy atom. The van der Waals surface area contributed by atoms with Gasteiger partial charge in [0.2, 0.25) is 0 Å². The maximum absolute atomic E-state index is 8.94. The van der Waals surface area contributed by atoms with Gasteiger partial charge in [0.1, 0.15) is 0 Å². The van der Waals surface area contributed by atoms with Crippen LogP contribution in [0.25, 0.3) is 0 Å². The summed E-state index contributed by atoms with van der Waals surface area (Å²) < 4.78 is 30.7. The van der Waals surface area contributed by atoms with Gasteiger partial charge in [0.15, 0.2) is 0 Å². The Balaban J connectivity index is 0. The van der Waals surface area contributed by atoms with Gasteiger partial charge in [-0.25, -0.2) is 0 Å². The second kappa shape index (κ2) is 2.92. The number of hydrogen-bond donors (Lipinski definition) is 3. The van der Waals surface area contributed by atoms with Gasteiger partial charge in [-0.1, -0.05) is 0 Å². The molecule has 0 atom stereocenters. The first-order valence-corrected chi connectivity index (χ1v) is 4.07. The van der Waals surface area contributed by atoms with Gasteiger partial charge >= 0.3 is 49.4 Å². The van der Waals surface area contributed by atoms with Gasteiger partial charge in [-0.15, -0.1) is 0 Å². The fourth-order valence-electron chi connectivity index (χ4n) is 0. The zero-order chi connectivity index (χ0) is 4.50. The fourth-order valence-corrected chi connectivity index (χ4v) is 0. The van der Waals surface area contributed by atoms with Crippen LogP contribution in [0.15, 0.2) is 0 Å². The van der Waals surface area contributed by atoms with Crippen LogP contribution in [0.5, 0.6) is 0 Å². The maximum atomic E-state index is 8.94. The van der Waals surface area contributed by atoms with Crippen molar-refractivity contribution in [2.45, 2.75) is 0 Å². The van der Waals surface area contributed by atoms with E-state index < -0.39 is 14.5 Å². The Morgan fingerprint density at radius 1 is 1.17 bits per heavy atom. The van der Waals surface area contributed by atoms with Gasteiger partial charge in [-0.2, -0.15) is 0 Å². The van der Waals surface area contributed by atoms with Crippen LogP contribution in [0, 0.1) is 0 Å². The van der Waals surface area contributed by atoms with E-state index in [0.717, 1.165) is 0 Å². The molecule has 0 radical (unpaired) electrons. The van der Waals surface area contributed by atoms with E-state index in [1.165, 1.54) is 0 Å². The topological polar surface area (TPSA) is 77.8 Å². The predicted molar refractivity (Wildman–Crippen MR) is 20.2 cm³/mol. The van der Waals surface area contributed by atoms with Crippen LogP contribution in [-0.2, 0) is 3.74 Å². The molecule has 0 aliphatic carbocycles. The van der Waals surface area contributed by atoms with Crippen molar-refractivity contribution in [3.63, 3.8) is 0 Å². The van der Waals surface area contributed by atoms with Crippen molar-refractivity contribution < 1.29 is 16.0 Å². The average Bonchev–Trinajstić information content (AvgIpc) is 0.722. The molecule has 0 spiro atoms. The molecule has 3 N–H and O–H groups in total. The third kappa shape index (κ3) is 102. The first-order valence-electron chi connectivity index (χ1n) is 0.783. The van der Waals surface area contributed by atoms with E-state index in [1.54, 1.807) is 0 Å². The summed E-state index contributed by atoms with van der Waals surface area (Å²) >= 11 is -5.12. The van der Waals surface area contributed by atoms with E-state index in [0.29, 0.717) is 0 Å². The zero-order valence-corrected chi connectivity index (χ0v) is 4.07. The van der Waals surface area contributed by atoms with E-state index in [9.17, 15) is 0 Å². The summed E-state index contributed by atoms with van der Waals surface area (Å²) in [5, 5.41) is 0. The molecule has 0 aliphatic heterocycles. The molecular formula is H4AsLiO4. The van der Waals surface area contributed by atoms with Crippen molar-refractivity contribution >= 4 is 33.4 Å². The van der Waals surface area contributed by atoms with Crippen LogP contribution in [-0.4, -0.2) is 45.7 Å². The number of hydrogen-bond acceptors (Lipinski definition) is 1. The first-order chi connectivity index (χ1) is 2.00. The summed E-state index contributed by atoms with van der Waals surface area (Å²) in [7, 11) is 0. The van der Waals surface area contributed by atoms with Crippen LogP contribution in [0.2, 0.25) is 0 Å². The Morgan fingerprint density at radius 2 is 1.17 bits per heavy atom. The van der Waals surface area contributed by atoms with Gasteiger partial charge in [0, 0.05) is 0 Å². The summed E-state index contributed by atoms with van der Waals surface area (Å²) in [5.74, 6) is 0. The van der Waals surface area contributed by atoms with E-state index in [-0.39, 0.29) is 18.9 Å². The Kier molecular flexibility index (Phi) is 4.85. The van der Waals surface area contributed by atoms with Crippen molar-refractivity contribution in [2.24, 2.45) is 0 Å². The molecule has 0 amide bonds. The third-order valence-corrected chi connectivity index (χ3v) is 0. The summed E-state index contributed by atoms with van der Waals surface area (Å²) in [4.78, 5) is 0. The summed E-state index contributed by atoms with van der Waals surface area (Å²) in [6.07, 6.45) is 0. The van der Waals surface area contributed by atoms with Gasteiger partial charge in [-0.3, -0.25) is 0 Å². The minimum atomic E-state index is -5.12. The van der Waals surface area contributed by atoms with Crippen molar-refractivity contribution in [2.75, 3.05) is 0 Å². The second-order valence-electron chi connectivity index (χ2n) is 0.513. The van der Waals surface area contributed by atoms with Gasteiger partial charge in [0.05, 0.1) is 0 Å². The molecule has 0 aromatic carbocycles. The van der Waals surface area contributed by atoms with Gasteiger partial charge in [0.25, 0.3) is 0 Å². The van der Waals surface area contributed by atoms with Crippen molar-refractivity contribution in [3.8, 4) is 0 Å². The third-order valence-electron chi connectivity index (χ3n) is 0. The van der Waals surface area contributed by atoms with Crippen molar-refractivity contribution in [1.82, 2.24) is 0 Å². The molecule has 0 aliphatic rings. The molecule has 6 heavy (non-hydrogen) atoms. The molecule has 0 heterocycles. The molecule has 34 valence electrons. The summed E-state index contributed by atoms with van der Waals surface area (Å²) in [6, 6.07) is 0. The summed E-state index contributed by atoms with van der Waals surface area (Å²) in [5.41, 5.74) is 0. The zero-order valence-electron chi connectivity index (χ0n) is 2.20. The normalized spacial score (nSPS) is 9.83. The summed E-state index contributed by atoms with van der Waals surface area (Å²) in [6.45, 7) is 0. The molecule has 0 saturated carbocycles. The van der Waals surface area contributed by atoms with E-state index >= 15 is 0 Å². The molecule has 0 aromatic rings. The van der Waals surface area contributed by atoms with E-state index in [4.69, 9.17) is 16.0 Å². The molecule has 0 rings (SSSR count).